The van der Waals surface area contributed by atoms with Crippen molar-refractivity contribution in [1.29, 1.82) is 0 Å². The van der Waals surface area contributed by atoms with Crippen LogP contribution < -0.4 is 0 Å². The third-order valence-electron chi connectivity index (χ3n) is 2.08. The van der Waals surface area contributed by atoms with Gasteiger partial charge in [-0.15, -0.1) is 0 Å². The van der Waals surface area contributed by atoms with Gasteiger partial charge in [0.05, 0.1) is 12.9 Å². The summed E-state index contributed by atoms with van der Waals surface area (Å²) in [6.07, 6.45) is 3.82. The second kappa shape index (κ2) is 7.32. The zero-order valence-corrected chi connectivity index (χ0v) is 10.5. The van der Waals surface area contributed by atoms with E-state index >= 15 is 0 Å². The molecule has 5 heteroatoms. The van der Waals surface area contributed by atoms with E-state index in [1.807, 2.05) is 0 Å². The molecule has 0 aliphatic rings. The zero-order valence-electron chi connectivity index (χ0n) is 10.5. The Balaban J connectivity index is 2.57. The summed E-state index contributed by atoms with van der Waals surface area (Å²) in [5.74, 6) is -0.0207. The molecule has 5 nitrogen and oxygen atoms in total. The molecule has 0 aliphatic heterocycles. The van der Waals surface area contributed by atoms with E-state index in [-0.39, 0.29) is 25.2 Å². The number of carbonyl (C=O) groups is 2. The molecule has 1 aromatic rings. The molecule has 1 heterocycles. The third-order valence-corrected chi connectivity index (χ3v) is 2.08. The molecule has 0 aliphatic carbocycles. The lowest BCUT2D eigenvalue weighted by atomic mass is 10.2. The molecular weight excluding hydrogens is 236 g/mol. The van der Waals surface area contributed by atoms with Gasteiger partial charge in [-0.25, -0.2) is 0 Å². The topological polar surface area (TPSA) is 65.7 Å². The first-order chi connectivity index (χ1) is 8.58. The smallest absolute Gasteiger partial charge is 0.302 e. The maximum Gasteiger partial charge on any atom is 0.302 e. The maximum atomic E-state index is 10.8. The Morgan fingerprint density at radius 2 is 2.00 bits per heavy atom. The Labute approximate surface area is 105 Å². The van der Waals surface area contributed by atoms with Crippen molar-refractivity contribution < 1.29 is 23.5 Å². The summed E-state index contributed by atoms with van der Waals surface area (Å²) < 4.78 is 14.9. The number of hydrogen-bond acceptors (Lipinski definition) is 5. The summed E-state index contributed by atoms with van der Waals surface area (Å²) in [4.78, 5) is 21.4. The highest BCUT2D eigenvalue weighted by Crippen LogP contribution is 2.11. The molecule has 0 saturated carbocycles. The van der Waals surface area contributed by atoms with Crippen LogP contribution in [0, 0.1) is 0 Å². The van der Waals surface area contributed by atoms with Crippen LogP contribution >= 0.6 is 0 Å². The fourth-order valence-corrected chi connectivity index (χ4v) is 1.28. The normalized spacial score (nSPS) is 11.1. The molecule has 0 spiro atoms. The van der Waals surface area contributed by atoms with E-state index in [4.69, 9.17) is 13.9 Å². The molecule has 0 atom stereocenters. The summed E-state index contributed by atoms with van der Waals surface area (Å²) in [5, 5.41) is 0. The Kier molecular flexibility index (Phi) is 5.70. The van der Waals surface area contributed by atoms with Gasteiger partial charge < -0.3 is 13.9 Å². The molecule has 0 N–H and O–H groups in total. The van der Waals surface area contributed by atoms with Crippen LogP contribution in [0.3, 0.4) is 0 Å². The van der Waals surface area contributed by atoms with Gasteiger partial charge in [-0.2, -0.15) is 0 Å². The van der Waals surface area contributed by atoms with Gasteiger partial charge in [-0.3, -0.25) is 9.59 Å². The van der Waals surface area contributed by atoms with Crippen LogP contribution in [0.5, 0.6) is 0 Å². The zero-order chi connectivity index (χ0) is 13.4. The lowest BCUT2D eigenvalue weighted by Gasteiger charge is -2.07. The van der Waals surface area contributed by atoms with Gasteiger partial charge in [0.2, 0.25) is 0 Å². The predicted molar refractivity (Wildman–Crippen MR) is 64.6 cm³/mol. The van der Waals surface area contributed by atoms with Crippen LogP contribution in [-0.4, -0.2) is 25.2 Å². The molecule has 0 aromatic carbocycles. The SMILES string of the molecule is CC(=O)OCC/C(=C\c1ccco1)COC(C)=O. The molecule has 0 amide bonds. The van der Waals surface area contributed by atoms with Gasteiger partial charge in [-0.05, 0) is 23.8 Å². The van der Waals surface area contributed by atoms with Crippen molar-refractivity contribution in [3.63, 3.8) is 0 Å². The van der Waals surface area contributed by atoms with Gasteiger partial charge in [0.25, 0.3) is 0 Å². The van der Waals surface area contributed by atoms with Crippen molar-refractivity contribution in [1.82, 2.24) is 0 Å². The van der Waals surface area contributed by atoms with Crippen molar-refractivity contribution in [2.45, 2.75) is 20.3 Å². The number of furan rings is 1. The van der Waals surface area contributed by atoms with Crippen molar-refractivity contribution in [2.75, 3.05) is 13.2 Å². The van der Waals surface area contributed by atoms with E-state index in [1.54, 1.807) is 24.5 Å². The summed E-state index contributed by atoms with van der Waals surface area (Å²) in [6, 6.07) is 3.56. The molecule has 98 valence electrons. The average molecular weight is 252 g/mol. The maximum absolute atomic E-state index is 10.8. The highest BCUT2D eigenvalue weighted by Gasteiger charge is 2.04. The van der Waals surface area contributed by atoms with E-state index in [2.05, 4.69) is 0 Å². The average Bonchev–Trinajstić information content (AvgIpc) is 2.77. The summed E-state index contributed by atoms with van der Waals surface area (Å²) >= 11 is 0. The monoisotopic (exact) mass is 252 g/mol. The number of esters is 2. The van der Waals surface area contributed by atoms with E-state index in [9.17, 15) is 9.59 Å². The van der Waals surface area contributed by atoms with Crippen LogP contribution in [0.25, 0.3) is 6.08 Å². The van der Waals surface area contributed by atoms with E-state index < -0.39 is 0 Å². The molecule has 0 radical (unpaired) electrons. The Hall–Kier alpha value is -2.04. The second-order valence-electron chi connectivity index (χ2n) is 3.69. The summed E-state index contributed by atoms with van der Waals surface area (Å²) in [5.41, 5.74) is 0.821. The van der Waals surface area contributed by atoms with Crippen molar-refractivity contribution in [2.24, 2.45) is 0 Å². The van der Waals surface area contributed by atoms with Crippen LogP contribution in [-0.2, 0) is 19.1 Å². The minimum atomic E-state index is -0.354. The van der Waals surface area contributed by atoms with Gasteiger partial charge in [-0.1, -0.05) is 0 Å². The summed E-state index contributed by atoms with van der Waals surface area (Å²) in [6.45, 7) is 3.11. The quantitative estimate of drug-likeness (QED) is 0.726. The minimum Gasteiger partial charge on any atom is -0.466 e. The van der Waals surface area contributed by atoms with Gasteiger partial charge in [0, 0.05) is 20.3 Å². The standard InChI is InChI=1S/C13H16O5/c1-10(14)16-7-5-12(9-18-11(2)15)8-13-4-3-6-17-13/h3-4,6,8H,5,7,9H2,1-2H3/b12-8+. The van der Waals surface area contributed by atoms with Gasteiger partial charge in [0.1, 0.15) is 12.4 Å². The minimum absolute atomic E-state index is 0.164. The molecule has 0 bridgehead atoms. The molecule has 0 saturated heterocycles. The van der Waals surface area contributed by atoms with Crippen LogP contribution in [0.15, 0.2) is 28.4 Å². The number of rotatable bonds is 6. The predicted octanol–water partition coefficient (Wildman–Crippen LogP) is 2.18. The number of carbonyl (C=O) groups excluding carboxylic acids is 2. The van der Waals surface area contributed by atoms with Crippen molar-refractivity contribution in [3.05, 3.63) is 29.7 Å². The highest BCUT2D eigenvalue weighted by molar-refractivity contribution is 5.66. The highest BCUT2D eigenvalue weighted by atomic mass is 16.5. The van der Waals surface area contributed by atoms with E-state index in [0.717, 1.165) is 5.57 Å². The van der Waals surface area contributed by atoms with Gasteiger partial charge >= 0.3 is 11.9 Å². The second-order valence-corrected chi connectivity index (χ2v) is 3.69. The molecule has 0 unspecified atom stereocenters. The van der Waals surface area contributed by atoms with E-state index in [1.165, 1.54) is 13.8 Å². The largest absolute Gasteiger partial charge is 0.466 e. The Bertz CT molecular complexity index is 417. The van der Waals surface area contributed by atoms with Crippen molar-refractivity contribution in [3.8, 4) is 0 Å². The number of hydrogen-bond donors (Lipinski definition) is 0. The lowest BCUT2D eigenvalue weighted by molar-refractivity contribution is -0.142. The first kappa shape index (κ1) is 14.0. The fourth-order valence-electron chi connectivity index (χ4n) is 1.28. The molecule has 1 rings (SSSR count). The Morgan fingerprint density at radius 3 is 2.56 bits per heavy atom. The van der Waals surface area contributed by atoms with Crippen LogP contribution in [0.4, 0.5) is 0 Å². The first-order valence-electron chi connectivity index (χ1n) is 5.57. The van der Waals surface area contributed by atoms with Crippen LogP contribution in [0.1, 0.15) is 26.0 Å². The Morgan fingerprint density at radius 1 is 1.28 bits per heavy atom. The van der Waals surface area contributed by atoms with Crippen molar-refractivity contribution >= 4 is 18.0 Å². The number of ether oxygens (including phenoxy) is 2. The van der Waals surface area contributed by atoms with Crippen LogP contribution in [0.2, 0.25) is 0 Å². The summed E-state index contributed by atoms with van der Waals surface area (Å²) in [7, 11) is 0. The third kappa shape index (κ3) is 5.89. The van der Waals surface area contributed by atoms with Gasteiger partial charge in [0.15, 0.2) is 0 Å². The van der Waals surface area contributed by atoms with E-state index in [0.29, 0.717) is 12.2 Å². The molecule has 1 aromatic heterocycles. The first-order valence-corrected chi connectivity index (χ1v) is 5.57. The molecule has 18 heavy (non-hydrogen) atoms. The fraction of sp³-hybridized carbons (Fsp3) is 0.385. The lowest BCUT2D eigenvalue weighted by Crippen LogP contribution is -2.07. The molecular formula is C13H16O5. The molecule has 0 fully saturated rings.